The van der Waals surface area contributed by atoms with Crippen molar-refractivity contribution in [3.63, 3.8) is 0 Å². The average Bonchev–Trinajstić information content (AvgIpc) is 3.36. The van der Waals surface area contributed by atoms with Crippen LogP contribution in [0.15, 0.2) is 53.3 Å². The summed E-state index contributed by atoms with van der Waals surface area (Å²) in [6.07, 6.45) is 1.90. The standard InChI is InChI=1S/C38H48N4O7/c1-8-23(2)35(38(45)42-19-17-41(18-20-42)30-11-9-10-12-32(30)46-4)40-29-16-14-26-27(22-31(29)44)28(39-24(3)43)15-13-25-21-33(47-5)36(48-6)37(49-7)34(25)26/h9-12,14,16,21-23,28,35H,8,13,15,17-20H2,1-7H3,(H,39,43)(H,40,44). The molecule has 5 rings (SSSR count). The normalized spacial score (nSPS) is 16.7. The first-order chi connectivity index (χ1) is 23.6. The molecule has 2 N–H and O–H groups in total. The van der Waals surface area contributed by atoms with Crippen LogP contribution in [-0.2, 0) is 16.0 Å². The molecule has 1 aliphatic carbocycles. The number of carbonyl (C=O) groups is 2. The predicted octanol–water partition coefficient (Wildman–Crippen LogP) is 5.05. The van der Waals surface area contributed by atoms with Gasteiger partial charge in [-0.3, -0.25) is 14.4 Å². The van der Waals surface area contributed by atoms with Crippen LogP contribution in [0.1, 0.15) is 50.8 Å². The van der Waals surface area contributed by atoms with Gasteiger partial charge in [0, 0.05) is 38.7 Å². The molecular formula is C38H48N4O7. The van der Waals surface area contributed by atoms with Gasteiger partial charge in [0.15, 0.2) is 11.5 Å². The third kappa shape index (κ3) is 7.25. The number of nitrogens with one attached hydrogen (secondary N) is 2. The Morgan fingerprint density at radius 3 is 2.22 bits per heavy atom. The topological polar surface area (TPSA) is 119 Å². The number of amides is 2. The van der Waals surface area contributed by atoms with Gasteiger partial charge in [0.25, 0.3) is 0 Å². The number of fused-ring (bicyclic) bond motifs is 3. The number of hydrogen-bond donors (Lipinski definition) is 2. The molecule has 0 spiro atoms. The highest BCUT2D eigenvalue weighted by atomic mass is 16.5. The van der Waals surface area contributed by atoms with E-state index in [0.717, 1.165) is 34.5 Å². The third-order valence-electron chi connectivity index (χ3n) is 9.72. The van der Waals surface area contributed by atoms with Crippen LogP contribution < -0.4 is 39.9 Å². The van der Waals surface area contributed by atoms with Crippen molar-refractivity contribution in [2.24, 2.45) is 5.92 Å². The van der Waals surface area contributed by atoms with E-state index >= 15 is 0 Å². The monoisotopic (exact) mass is 672 g/mol. The molecule has 0 radical (unpaired) electrons. The minimum atomic E-state index is -0.616. The molecule has 0 bridgehead atoms. The lowest BCUT2D eigenvalue weighted by atomic mass is 9.95. The lowest BCUT2D eigenvalue weighted by molar-refractivity contribution is -0.133. The summed E-state index contributed by atoms with van der Waals surface area (Å²) >= 11 is 0. The summed E-state index contributed by atoms with van der Waals surface area (Å²) in [6.45, 7) is 7.96. The number of carbonyl (C=O) groups excluding carboxylic acids is 2. The van der Waals surface area contributed by atoms with Crippen LogP contribution in [0.25, 0.3) is 11.1 Å². The maximum atomic E-state index is 14.1. The van der Waals surface area contributed by atoms with Gasteiger partial charge < -0.3 is 39.4 Å². The Kier molecular flexibility index (Phi) is 11.2. The number of nitrogens with zero attached hydrogens (tertiary/aromatic N) is 2. The van der Waals surface area contributed by atoms with Gasteiger partial charge >= 0.3 is 0 Å². The van der Waals surface area contributed by atoms with Gasteiger partial charge in [0.05, 0.1) is 45.9 Å². The molecule has 1 heterocycles. The first kappa shape index (κ1) is 35.4. The minimum absolute atomic E-state index is 0.0403. The van der Waals surface area contributed by atoms with Crippen molar-refractivity contribution in [1.29, 1.82) is 0 Å². The maximum absolute atomic E-state index is 14.1. The van der Waals surface area contributed by atoms with E-state index in [9.17, 15) is 14.4 Å². The number of benzene rings is 2. The van der Waals surface area contributed by atoms with Gasteiger partial charge in [-0.1, -0.05) is 38.5 Å². The zero-order valence-electron chi connectivity index (χ0n) is 29.6. The van der Waals surface area contributed by atoms with Crippen LogP contribution in [0.3, 0.4) is 0 Å². The fourth-order valence-electron chi connectivity index (χ4n) is 6.93. The van der Waals surface area contributed by atoms with Gasteiger partial charge in [0.2, 0.25) is 23.0 Å². The first-order valence-corrected chi connectivity index (χ1v) is 16.9. The number of rotatable bonds is 11. The second kappa shape index (κ2) is 15.5. The summed E-state index contributed by atoms with van der Waals surface area (Å²) in [5.41, 5.74) is 4.14. The van der Waals surface area contributed by atoms with E-state index in [1.54, 1.807) is 40.6 Å². The van der Waals surface area contributed by atoms with Crippen molar-refractivity contribution >= 4 is 23.2 Å². The van der Waals surface area contributed by atoms with Crippen LogP contribution in [0.2, 0.25) is 0 Å². The highest BCUT2D eigenvalue weighted by Gasteiger charge is 2.33. The summed E-state index contributed by atoms with van der Waals surface area (Å²) < 4.78 is 22.8. The van der Waals surface area contributed by atoms with Gasteiger partial charge in [-0.2, -0.15) is 0 Å². The Morgan fingerprint density at radius 2 is 1.59 bits per heavy atom. The second-order valence-corrected chi connectivity index (χ2v) is 12.6. The molecule has 1 aliphatic heterocycles. The first-order valence-electron chi connectivity index (χ1n) is 16.9. The van der Waals surface area contributed by atoms with E-state index in [0.29, 0.717) is 67.5 Å². The number of aryl methyl sites for hydroxylation is 1. The van der Waals surface area contributed by atoms with E-state index in [2.05, 4.69) is 15.5 Å². The van der Waals surface area contributed by atoms with E-state index < -0.39 is 12.1 Å². The van der Waals surface area contributed by atoms with Crippen LogP contribution >= 0.6 is 0 Å². The summed E-state index contributed by atoms with van der Waals surface area (Å²) in [5, 5.41) is 6.41. The molecule has 3 unspecified atom stereocenters. The van der Waals surface area contributed by atoms with Gasteiger partial charge in [0.1, 0.15) is 11.8 Å². The molecule has 1 fully saturated rings. The maximum Gasteiger partial charge on any atom is 0.245 e. The predicted molar refractivity (Wildman–Crippen MR) is 191 cm³/mol. The van der Waals surface area contributed by atoms with Crippen molar-refractivity contribution < 1.29 is 28.5 Å². The largest absolute Gasteiger partial charge is 0.495 e. The van der Waals surface area contributed by atoms with Gasteiger partial charge in [-0.25, -0.2) is 0 Å². The molecule has 3 aromatic carbocycles. The molecule has 2 aliphatic rings. The van der Waals surface area contributed by atoms with Crippen molar-refractivity contribution in [2.45, 2.75) is 52.1 Å². The van der Waals surface area contributed by atoms with E-state index in [4.69, 9.17) is 18.9 Å². The summed E-state index contributed by atoms with van der Waals surface area (Å²) in [7, 11) is 6.36. The van der Waals surface area contributed by atoms with Crippen LogP contribution in [0.4, 0.5) is 11.4 Å². The van der Waals surface area contributed by atoms with Crippen LogP contribution in [0, 0.1) is 5.92 Å². The van der Waals surface area contributed by atoms with Crippen LogP contribution in [-0.4, -0.2) is 77.4 Å². The Labute approximate surface area is 288 Å². The fourth-order valence-corrected chi connectivity index (χ4v) is 6.93. The Bertz CT molecular complexity index is 1740. The van der Waals surface area contributed by atoms with E-state index in [1.165, 1.54) is 6.92 Å². The third-order valence-corrected chi connectivity index (χ3v) is 9.72. The van der Waals surface area contributed by atoms with Crippen molar-refractivity contribution in [3.8, 4) is 34.1 Å². The highest BCUT2D eigenvalue weighted by Crippen LogP contribution is 2.50. The number of piperazine rings is 1. The lowest BCUT2D eigenvalue weighted by Crippen LogP contribution is -2.54. The number of ether oxygens (including phenoxy) is 4. The minimum Gasteiger partial charge on any atom is -0.495 e. The van der Waals surface area contributed by atoms with Crippen molar-refractivity contribution in [3.05, 3.63) is 69.9 Å². The summed E-state index contributed by atoms with van der Waals surface area (Å²) in [5.74, 6) is 1.97. The lowest BCUT2D eigenvalue weighted by Gasteiger charge is -2.39. The van der Waals surface area contributed by atoms with Crippen LogP contribution in [0.5, 0.6) is 23.0 Å². The number of anilines is 2. The van der Waals surface area contributed by atoms with Crippen molar-refractivity contribution in [2.75, 3.05) is 64.8 Å². The molecule has 2 amide bonds. The van der Waals surface area contributed by atoms with E-state index in [-0.39, 0.29) is 23.2 Å². The second-order valence-electron chi connectivity index (χ2n) is 12.6. The van der Waals surface area contributed by atoms with Gasteiger partial charge in [-0.05, 0) is 65.8 Å². The SMILES string of the molecule is CCC(C)C(Nc1ccc2c(cc1=O)C(NC(C)=O)CCc1cc(OC)c(OC)c(OC)c1-2)C(=O)N1CCN(c2ccccc2OC)CC1. The number of methoxy groups -OCH3 is 4. The molecule has 0 aromatic heterocycles. The zero-order chi connectivity index (χ0) is 35.2. The molecule has 11 nitrogen and oxygen atoms in total. The molecular weight excluding hydrogens is 624 g/mol. The van der Waals surface area contributed by atoms with E-state index in [1.807, 2.05) is 55.1 Å². The smallest absolute Gasteiger partial charge is 0.245 e. The molecule has 3 atom stereocenters. The Morgan fingerprint density at radius 1 is 0.898 bits per heavy atom. The number of hydrogen-bond acceptors (Lipinski definition) is 9. The quantitative estimate of drug-likeness (QED) is 0.289. The zero-order valence-corrected chi connectivity index (χ0v) is 29.6. The highest BCUT2D eigenvalue weighted by molar-refractivity contribution is 5.86. The summed E-state index contributed by atoms with van der Waals surface area (Å²) in [4.78, 5) is 44.6. The molecule has 11 heteroatoms. The summed E-state index contributed by atoms with van der Waals surface area (Å²) in [6, 6.07) is 14.0. The molecule has 3 aromatic rings. The molecule has 49 heavy (non-hydrogen) atoms. The number of para-hydroxylation sites is 2. The molecule has 262 valence electrons. The average molecular weight is 673 g/mol. The molecule has 1 saturated heterocycles. The van der Waals surface area contributed by atoms with Gasteiger partial charge in [-0.15, -0.1) is 0 Å². The van der Waals surface area contributed by atoms with Crippen molar-refractivity contribution in [1.82, 2.24) is 10.2 Å². The Balaban J connectivity index is 1.51. The Hall–Kier alpha value is -4.93. The molecule has 0 saturated carbocycles. The fraction of sp³-hybridized carbons (Fsp3) is 0.447.